The van der Waals surface area contributed by atoms with Crippen LogP contribution in [0.4, 0.5) is 0 Å². The van der Waals surface area contributed by atoms with E-state index in [1.54, 1.807) is 18.2 Å². The van der Waals surface area contributed by atoms with Crippen molar-refractivity contribution in [2.24, 2.45) is 5.92 Å². The summed E-state index contributed by atoms with van der Waals surface area (Å²) in [6.45, 7) is 1.59. The lowest BCUT2D eigenvalue weighted by Gasteiger charge is -2.32. The number of halogens is 3. The zero-order chi connectivity index (χ0) is 13.8. The molecule has 1 aliphatic heterocycles. The van der Waals surface area contributed by atoms with Gasteiger partial charge in [-0.3, -0.25) is 4.79 Å². The van der Waals surface area contributed by atoms with Crippen molar-refractivity contribution in [3.63, 3.8) is 0 Å². The fraction of sp³-hybridized carbons (Fsp3) is 0.500. The number of carbonyl (C=O) groups excluding carboxylic acids is 1. The van der Waals surface area contributed by atoms with Crippen LogP contribution in [0.15, 0.2) is 18.2 Å². The lowest BCUT2D eigenvalue weighted by molar-refractivity contribution is 0.0671. The molecule has 1 aromatic carbocycles. The van der Waals surface area contributed by atoms with Gasteiger partial charge >= 0.3 is 0 Å². The van der Waals surface area contributed by atoms with Crippen molar-refractivity contribution in [1.82, 2.24) is 4.90 Å². The summed E-state index contributed by atoms with van der Waals surface area (Å²) in [6, 6.07) is 5.02. The molecule has 1 aromatic rings. The summed E-state index contributed by atoms with van der Waals surface area (Å²) in [4.78, 5) is 14.3. The number of rotatable bonds is 3. The minimum absolute atomic E-state index is 0.0258. The highest BCUT2D eigenvalue weighted by atomic mass is 35.5. The van der Waals surface area contributed by atoms with E-state index in [-0.39, 0.29) is 5.91 Å². The molecule has 0 aromatic heterocycles. The molecular weight excluding hydrogens is 305 g/mol. The first-order valence-electron chi connectivity index (χ1n) is 6.42. The summed E-state index contributed by atoms with van der Waals surface area (Å²) in [5, 5.41) is 0.888. The highest BCUT2D eigenvalue weighted by molar-refractivity contribution is 6.42. The van der Waals surface area contributed by atoms with Crippen LogP contribution < -0.4 is 0 Å². The van der Waals surface area contributed by atoms with Gasteiger partial charge in [-0.1, -0.05) is 23.2 Å². The van der Waals surface area contributed by atoms with Gasteiger partial charge in [0.25, 0.3) is 5.91 Å². The van der Waals surface area contributed by atoms with E-state index < -0.39 is 0 Å². The monoisotopic (exact) mass is 319 g/mol. The van der Waals surface area contributed by atoms with Crippen LogP contribution in [0, 0.1) is 5.92 Å². The molecule has 5 heteroatoms. The third-order valence-electron chi connectivity index (χ3n) is 3.49. The van der Waals surface area contributed by atoms with Crippen molar-refractivity contribution in [1.29, 1.82) is 0 Å². The van der Waals surface area contributed by atoms with Crippen molar-refractivity contribution < 1.29 is 4.79 Å². The SMILES string of the molecule is O=C(c1ccc(Cl)c(Cl)c1)N1CCCC(CCCl)C1. The van der Waals surface area contributed by atoms with E-state index >= 15 is 0 Å². The molecule has 1 heterocycles. The lowest BCUT2D eigenvalue weighted by Crippen LogP contribution is -2.40. The van der Waals surface area contributed by atoms with Gasteiger partial charge in [0.1, 0.15) is 0 Å². The van der Waals surface area contributed by atoms with Crippen molar-refractivity contribution in [3.8, 4) is 0 Å². The minimum atomic E-state index is 0.0258. The van der Waals surface area contributed by atoms with Crippen LogP contribution >= 0.6 is 34.8 Å². The smallest absolute Gasteiger partial charge is 0.253 e. The van der Waals surface area contributed by atoms with Crippen LogP contribution in [0.2, 0.25) is 10.0 Å². The van der Waals surface area contributed by atoms with E-state index in [0.29, 0.717) is 27.4 Å². The number of likely N-dealkylation sites (tertiary alicyclic amines) is 1. The third kappa shape index (κ3) is 3.77. The molecular formula is C14H16Cl3NO. The summed E-state index contributed by atoms with van der Waals surface area (Å²) < 4.78 is 0. The zero-order valence-corrected chi connectivity index (χ0v) is 12.8. The number of hydrogen-bond acceptors (Lipinski definition) is 1. The first kappa shape index (κ1) is 15.0. The Bertz CT molecular complexity index is 462. The second kappa shape index (κ2) is 6.83. The van der Waals surface area contributed by atoms with E-state index in [2.05, 4.69) is 0 Å². The maximum Gasteiger partial charge on any atom is 0.253 e. The molecule has 0 bridgehead atoms. The Balaban J connectivity index is 2.08. The van der Waals surface area contributed by atoms with Gasteiger partial charge in [0.2, 0.25) is 0 Å². The molecule has 1 atom stereocenters. The van der Waals surface area contributed by atoms with Crippen LogP contribution in [0.25, 0.3) is 0 Å². The van der Waals surface area contributed by atoms with Crippen molar-refractivity contribution in [3.05, 3.63) is 33.8 Å². The molecule has 1 unspecified atom stereocenters. The topological polar surface area (TPSA) is 20.3 Å². The number of carbonyl (C=O) groups is 1. The molecule has 19 heavy (non-hydrogen) atoms. The Morgan fingerprint density at radius 2 is 2.11 bits per heavy atom. The quantitative estimate of drug-likeness (QED) is 0.752. The Morgan fingerprint density at radius 3 is 2.79 bits per heavy atom. The summed E-state index contributed by atoms with van der Waals surface area (Å²) in [5.74, 6) is 1.19. The Hall–Kier alpha value is -0.440. The normalized spacial score (nSPS) is 19.5. The van der Waals surface area contributed by atoms with Crippen molar-refractivity contribution in [2.75, 3.05) is 19.0 Å². The zero-order valence-electron chi connectivity index (χ0n) is 10.5. The first-order chi connectivity index (χ1) is 9.11. The molecule has 0 spiro atoms. The number of benzene rings is 1. The maximum absolute atomic E-state index is 12.4. The molecule has 1 fully saturated rings. The molecule has 1 aliphatic rings. The van der Waals surface area contributed by atoms with E-state index in [0.717, 1.165) is 32.4 Å². The molecule has 0 aliphatic carbocycles. The van der Waals surface area contributed by atoms with Gasteiger partial charge < -0.3 is 4.90 Å². The van der Waals surface area contributed by atoms with Crippen LogP contribution in [0.5, 0.6) is 0 Å². The fourth-order valence-electron chi connectivity index (χ4n) is 2.45. The van der Waals surface area contributed by atoms with E-state index in [1.165, 1.54) is 0 Å². The molecule has 1 saturated heterocycles. The molecule has 0 saturated carbocycles. The summed E-state index contributed by atoms with van der Waals surface area (Å²) in [5.41, 5.74) is 0.598. The van der Waals surface area contributed by atoms with Gasteiger partial charge in [-0.05, 0) is 43.4 Å². The Labute approximate surface area is 128 Å². The highest BCUT2D eigenvalue weighted by Gasteiger charge is 2.24. The van der Waals surface area contributed by atoms with Gasteiger partial charge in [0.15, 0.2) is 0 Å². The average Bonchev–Trinajstić information content (AvgIpc) is 2.42. The van der Waals surface area contributed by atoms with E-state index in [1.807, 2.05) is 4.90 Å². The number of alkyl halides is 1. The second-order valence-corrected chi connectivity index (χ2v) is 6.06. The molecule has 104 valence electrons. The number of hydrogen-bond donors (Lipinski definition) is 0. The minimum Gasteiger partial charge on any atom is -0.338 e. The number of piperidine rings is 1. The van der Waals surface area contributed by atoms with Crippen LogP contribution in [-0.2, 0) is 0 Å². The predicted molar refractivity (Wildman–Crippen MR) is 80.4 cm³/mol. The molecule has 0 radical (unpaired) electrons. The second-order valence-electron chi connectivity index (χ2n) is 4.87. The number of amides is 1. The van der Waals surface area contributed by atoms with Crippen LogP contribution in [0.3, 0.4) is 0 Å². The van der Waals surface area contributed by atoms with Crippen LogP contribution in [0.1, 0.15) is 29.6 Å². The van der Waals surface area contributed by atoms with Gasteiger partial charge in [-0.2, -0.15) is 0 Å². The maximum atomic E-state index is 12.4. The predicted octanol–water partition coefficient (Wildman–Crippen LogP) is 4.47. The summed E-state index contributed by atoms with van der Waals surface area (Å²) in [7, 11) is 0. The summed E-state index contributed by atoms with van der Waals surface area (Å²) in [6.07, 6.45) is 3.15. The standard InChI is InChI=1S/C14H16Cl3NO/c15-6-5-10-2-1-7-18(9-10)14(19)11-3-4-12(16)13(17)8-11/h3-4,8,10H,1-2,5-7,9H2. The van der Waals surface area contributed by atoms with Gasteiger partial charge in [-0.25, -0.2) is 0 Å². The van der Waals surface area contributed by atoms with E-state index in [4.69, 9.17) is 34.8 Å². The fourth-order valence-corrected chi connectivity index (χ4v) is 3.06. The van der Waals surface area contributed by atoms with Gasteiger partial charge in [0.05, 0.1) is 10.0 Å². The van der Waals surface area contributed by atoms with E-state index in [9.17, 15) is 4.79 Å². The van der Waals surface area contributed by atoms with Crippen molar-refractivity contribution in [2.45, 2.75) is 19.3 Å². The number of nitrogens with zero attached hydrogens (tertiary/aromatic N) is 1. The Kier molecular flexibility index (Phi) is 5.37. The van der Waals surface area contributed by atoms with Crippen LogP contribution in [-0.4, -0.2) is 29.8 Å². The average molecular weight is 321 g/mol. The third-order valence-corrected chi connectivity index (χ3v) is 4.45. The summed E-state index contributed by atoms with van der Waals surface area (Å²) >= 11 is 17.6. The van der Waals surface area contributed by atoms with Gasteiger partial charge in [-0.15, -0.1) is 11.6 Å². The molecule has 1 amide bonds. The lowest BCUT2D eigenvalue weighted by atomic mass is 9.95. The highest BCUT2D eigenvalue weighted by Crippen LogP contribution is 2.25. The molecule has 2 rings (SSSR count). The molecule has 0 N–H and O–H groups in total. The molecule has 2 nitrogen and oxygen atoms in total. The van der Waals surface area contributed by atoms with Crippen molar-refractivity contribution >= 4 is 40.7 Å². The Morgan fingerprint density at radius 1 is 1.32 bits per heavy atom. The first-order valence-corrected chi connectivity index (χ1v) is 7.71. The largest absolute Gasteiger partial charge is 0.338 e. The van der Waals surface area contributed by atoms with Gasteiger partial charge in [0, 0.05) is 24.5 Å².